The molecule has 0 unspecified atom stereocenters. The van der Waals surface area contributed by atoms with Gasteiger partial charge in [0.05, 0.1) is 13.0 Å². The van der Waals surface area contributed by atoms with E-state index in [2.05, 4.69) is 17.9 Å². The Labute approximate surface area is 106 Å². The number of rotatable bonds is 8. The van der Waals surface area contributed by atoms with Crippen molar-refractivity contribution in [3.8, 4) is 0 Å². The topological polar surface area (TPSA) is 76.1 Å². The van der Waals surface area contributed by atoms with Crippen LogP contribution < -0.4 is 0 Å². The predicted octanol–water partition coefficient (Wildman–Crippen LogP) is 0.434. The molecule has 0 heterocycles. The second kappa shape index (κ2) is 8.43. The van der Waals surface area contributed by atoms with Crippen LogP contribution in [0.2, 0.25) is 0 Å². The van der Waals surface area contributed by atoms with E-state index in [0.717, 1.165) is 0 Å². The van der Waals surface area contributed by atoms with Crippen molar-refractivity contribution in [1.82, 2.24) is 4.90 Å². The minimum atomic E-state index is -0.690. The van der Waals surface area contributed by atoms with E-state index in [-0.39, 0.29) is 24.5 Å². The van der Waals surface area contributed by atoms with Gasteiger partial charge < -0.3 is 19.5 Å². The van der Waals surface area contributed by atoms with Crippen LogP contribution in [0.5, 0.6) is 0 Å². The zero-order valence-corrected chi connectivity index (χ0v) is 10.8. The Hall–Kier alpha value is -1.66. The maximum absolute atomic E-state index is 11.3. The molecule has 0 fully saturated rings. The molecule has 0 spiro atoms. The maximum atomic E-state index is 11.3. The molecule has 0 saturated heterocycles. The van der Waals surface area contributed by atoms with Gasteiger partial charge in [-0.05, 0) is 20.6 Å². The fourth-order valence-electron chi connectivity index (χ4n) is 0.954. The van der Waals surface area contributed by atoms with Crippen LogP contribution in [0.25, 0.3) is 0 Å². The molecular formula is C12H19NO5. The molecule has 0 bridgehead atoms. The molecular weight excluding hydrogens is 238 g/mol. The minimum Gasteiger partial charge on any atom is -0.395 e. The third-order valence-corrected chi connectivity index (χ3v) is 1.96. The fraction of sp³-hybridized carbons (Fsp3) is 0.500. The van der Waals surface area contributed by atoms with Crippen molar-refractivity contribution in [3.05, 3.63) is 24.7 Å². The van der Waals surface area contributed by atoms with Gasteiger partial charge in [-0.2, -0.15) is 0 Å². The minimum absolute atomic E-state index is 0.0223. The fourth-order valence-corrected chi connectivity index (χ4v) is 0.954. The lowest BCUT2D eigenvalue weighted by Crippen LogP contribution is -2.25. The quantitative estimate of drug-likeness (QED) is 0.386. The van der Waals surface area contributed by atoms with Gasteiger partial charge >= 0.3 is 11.9 Å². The van der Waals surface area contributed by atoms with Gasteiger partial charge in [0.25, 0.3) is 5.95 Å². The van der Waals surface area contributed by atoms with Crippen LogP contribution in [0, 0.1) is 0 Å². The highest BCUT2D eigenvalue weighted by Gasteiger charge is 2.12. The Morgan fingerprint density at radius 1 is 1.22 bits per heavy atom. The van der Waals surface area contributed by atoms with Crippen LogP contribution in [0.4, 0.5) is 0 Å². The number of hydrogen-bond donors (Lipinski definition) is 1. The highest BCUT2D eigenvalue weighted by molar-refractivity contribution is 5.87. The van der Waals surface area contributed by atoms with E-state index in [9.17, 15) is 9.59 Å². The van der Waals surface area contributed by atoms with Crippen molar-refractivity contribution >= 4 is 11.9 Å². The van der Waals surface area contributed by atoms with Crippen LogP contribution >= 0.6 is 0 Å². The first-order valence-electron chi connectivity index (χ1n) is 5.43. The van der Waals surface area contributed by atoms with Gasteiger partial charge in [0.2, 0.25) is 0 Å². The lowest BCUT2D eigenvalue weighted by atomic mass is 10.4. The van der Waals surface area contributed by atoms with Gasteiger partial charge in [0.1, 0.15) is 0 Å². The number of carbonyl (C=O) groups excluding carboxylic acids is 2. The SMILES string of the molecule is C=C(OC(=O)CCN(C)CCO)OC(=O)C(=C)C. The van der Waals surface area contributed by atoms with Crippen molar-refractivity contribution in [3.63, 3.8) is 0 Å². The number of hydrogen-bond acceptors (Lipinski definition) is 6. The van der Waals surface area contributed by atoms with Crippen molar-refractivity contribution in [1.29, 1.82) is 0 Å². The summed E-state index contributed by atoms with van der Waals surface area (Å²) in [6.45, 7) is 9.08. The zero-order chi connectivity index (χ0) is 14.1. The summed E-state index contributed by atoms with van der Waals surface area (Å²) >= 11 is 0. The zero-order valence-electron chi connectivity index (χ0n) is 10.8. The smallest absolute Gasteiger partial charge is 0.340 e. The highest BCUT2D eigenvalue weighted by Crippen LogP contribution is 2.03. The monoisotopic (exact) mass is 257 g/mol. The summed E-state index contributed by atoms with van der Waals surface area (Å²) in [6, 6.07) is 0. The summed E-state index contributed by atoms with van der Waals surface area (Å²) in [6.07, 6.45) is 0.111. The first-order chi connectivity index (χ1) is 8.36. The number of aliphatic hydroxyl groups excluding tert-OH is 1. The molecule has 0 aromatic carbocycles. The molecule has 1 N–H and O–H groups in total. The molecule has 0 aromatic rings. The molecule has 102 valence electrons. The summed E-state index contributed by atoms with van der Waals surface area (Å²) in [4.78, 5) is 24.2. The Morgan fingerprint density at radius 2 is 1.83 bits per heavy atom. The van der Waals surface area contributed by atoms with Crippen LogP contribution in [0.1, 0.15) is 13.3 Å². The lowest BCUT2D eigenvalue weighted by molar-refractivity contribution is -0.151. The van der Waals surface area contributed by atoms with Crippen molar-refractivity contribution < 1.29 is 24.2 Å². The van der Waals surface area contributed by atoms with Crippen LogP contribution in [-0.4, -0.2) is 48.7 Å². The van der Waals surface area contributed by atoms with E-state index >= 15 is 0 Å². The Kier molecular flexibility index (Phi) is 7.66. The summed E-state index contributed by atoms with van der Waals surface area (Å²) in [5.74, 6) is -1.61. The van der Waals surface area contributed by atoms with E-state index in [1.807, 2.05) is 0 Å². The molecule has 0 rings (SSSR count). The second-order valence-electron chi connectivity index (χ2n) is 3.79. The first-order valence-corrected chi connectivity index (χ1v) is 5.43. The molecule has 0 atom stereocenters. The van der Waals surface area contributed by atoms with Gasteiger partial charge in [-0.15, -0.1) is 0 Å². The summed E-state index contributed by atoms with van der Waals surface area (Å²) < 4.78 is 9.30. The van der Waals surface area contributed by atoms with Gasteiger partial charge in [-0.25, -0.2) is 4.79 Å². The normalized spacial score (nSPS) is 10.0. The van der Waals surface area contributed by atoms with Gasteiger partial charge in [-0.3, -0.25) is 4.79 Å². The highest BCUT2D eigenvalue weighted by atomic mass is 16.7. The van der Waals surface area contributed by atoms with Crippen LogP contribution in [-0.2, 0) is 19.1 Å². The van der Waals surface area contributed by atoms with E-state index in [0.29, 0.717) is 13.1 Å². The van der Waals surface area contributed by atoms with E-state index in [1.165, 1.54) is 6.92 Å². The number of carbonyl (C=O) groups is 2. The number of ether oxygens (including phenoxy) is 2. The Balaban J connectivity index is 3.91. The molecule has 18 heavy (non-hydrogen) atoms. The predicted molar refractivity (Wildman–Crippen MR) is 65.3 cm³/mol. The third kappa shape index (κ3) is 7.59. The van der Waals surface area contributed by atoms with Gasteiger partial charge in [0.15, 0.2) is 0 Å². The average Bonchev–Trinajstić information content (AvgIpc) is 2.26. The molecule has 0 aliphatic rings. The molecule has 6 heteroatoms. The molecule has 0 aliphatic carbocycles. The van der Waals surface area contributed by atoms with Crippen molar-refractivity contribution in [2.45, 2.75) is 13.3 Å². The van der Waals surface area contributed by atoms with Gasteiger partial charge in [-0.1, -0.05) is 6.58 Å². The van der Waals surface area contributed by atoms with E-state index in [1.54, 1.807) is 11.9 Å². The number of likely N-dealkylation sites (N-methyl/N-ethyl adjacent to an activating group) is 1. The molecule has 0 saturated carbocycles. The van der Waals surface area contributed by atoms with Crippen LogP contribution in [0.3, 0.4) is 0 Å². The molecule has 0 aromatic heterocycles. The van der Waals surface area contributed by atoms with E-state index in [4.69, 9.17) is 9.84 Å². The number of aliphatic hydroxyl groups is 1. The standard InChI is InChI=1S/C12H19NO5/c1-9(2)12(16)18-10(3)17-11(15)5-6-13(4)7-8-14/h14H,1,3,5-8H2,2,4H3. The summed E-state index contributed by atoms with van der Waals surface area (Å²) in [5.41, 5.74) is 0.190. The largest absolute Gasteiger partial charge is 0.395 e. The maximum Gasteiger partial charge on any atom is 0.340 e. The molecule has 0 radical (unpaired) electrons. The Bertz CT molecular complexity index is 337. The number of esters is 2. The van der Waals surface area contributed by atoms with E-state index < -0.39 is 11.9 Å². The molecule has 0 aliphatic heterocycles. The molecule has 6 nitrogen and oxygen atoms in total. The summed E-state index contributed by atoms with van der Waals surface area (Å²) in [7, 11) is 1.76. The van der Waals surface area contributed by atoms with Crippen LogP contribution in [0.15, 0.2) is 24.7 Å². The summed E-state index contributed by atoms with van der Waals surface area (Å²) in [5, 5.41) is 8.66. The lowest BCUT2D eigenvalue weighted by Gasteiger charge is -2.14. The van der Waals surface area contributed by atoms with Crippen molar-refractivity contribution in [2.24, 2.45) is 0 Å². The van der Waals surface area contributed by atoms with Crippen molar-refractivity contribution in [2.75, 3.05) is 26.7 Å². The third-order valence-electron chi connectivity index (χ3n) is 1.96. The van der Waals surface area contributed by atoms with Gasteiger partial charge in [0, 0.05) is 18.7 Å². The second-order valence-corrected chi connectivity index (χ2v) is 3.79. The Morgan fingerprint density at radius 3 is 2.33 bits per heavy atom. The number of nitrogens with zero attached hydrogens (tertiary/aromatic N) is 1. The first kappa shape index (κ1) is 16.3. The molecule has 0 amide bonds. The average molecular weight is 257 g/mol.